The molecule has 8 heteroatoms. The molecule has 1 fully saturated rings. The van der Waals surface area contributed by atoms with Crippen LogP contribution in [-0.2, 0) is 9.59 Å². The number of benzene rings is 1. The molecule has 1 unspecified atom stereocenters. The number of carbonyl (C=O) groups excluding carboxylic acids is 2. The summed E-state index contributed by atoms with van der Waals surface area (Å²) in [6, 6.07) is 4.86. The number of thiazole rings is 1. The van der Waals surface area contributed by atoms with Gasteiger partial charge in [-0.3, -0.25) is 9.59 Å². The fraction of sp³-hybridized carbons (Fsp3) is 0.450. The Morgan fingerprint density at radius 2 is 1.96 bits per heavy atom. The second kappa shape index (κ2) is 9.05. The zero-order chi connectivity index (χ0) is 20.1. The monoisotopic (exact) mass is 403 g/mol. The highest BCUT2D eigenvalue weighted by Gasteiger charge is 2.25. The topological polar surface area (TPSA) is 89.6 Å². The van der Waals surface area contributed by atoms with E-state index in [-0.39, 0.29) is 17.7 Å². The van der Waals surface area contributed by atoms with E-state index < -0.39 is 6.04 Å². The van der Waals surface area contributed by atoms with Crippen LogP contribution in [0.4, 0.5) is 5.13 Å². The van der Waals surface area contributed by atoms with E-state index in [0.29, 0.717) is 22.3 Å². The van der Waals surface area contributed by atoms with E-state index in [9.17, 15) is 9.59 Å². The maximum Gasteiger partial charge on any atom is 0.248 e. The quantitative estimate of drug-likeness (QED) is 0.739. The van der Waals surface area contributed by atoms with Gasteiger partial charge in [-0.2, -0.15) is 0 Å². The van der Waals surface area contributed by atoms with Crippen LogP contribution in [-0.4, -0.2) is 37.1 Å². The number of aromatic nitrogens is 1. The Labute approximate surface area is 168 Å². The van der Waals surface area contributed by atoms with Crippen molar-refractivity contribution < 1.29 is 19.1 Å². The molecule has 2 aromatic rings. The number of amides is 2. The first kappa shape index (κ1) is 20.1. The third kappa shape index (κ3) is 4.62. The second-order valence-corrected chi connectivity index (χ2v) is 7.66. The van der Waals surface area contributed by atoms with Gasteiger partial charge in [0.25, 0.3) is 0 Å². The minimum Gasteiger partial charge on any atom is -0.497 e. The zero-order valence-corrected chi connectivity index (χ0v) is 17.1. The van der Waals surface area contributed by atoms with E-state index in [1.54, 1.807) is 27.2 Å². The lowest BCUT2D eigenvalue weighted by Crippen LogP contribution is -2.43. The standard InChI is InChI=1S/C20H25N3O4S/c1-12(21-19(25)13-6-4-5-7-13)18(24)23-20-22-16(11-28-20)15-9-8-14(26-2)10-17(15)27-3/h8-13H,4-7H2,1-3H3,(H,21,25)(H,22,23,24). The number of hydrogen-bond donors (Lipinski definition) is 2. The van der Waals surface area contributed by atoms with Crippen molar-refractivity contribution in [3.8, 4) is 22.8 Å². The molecule has 0 bridgehead atoms. The molecule has 3 rings (SSSR count). The Bertz CT molecular complexity index is 846. The van der Waals surface area contributed by atoms with Gasteiger partial charge in [0.1, 0.15) is 17.5 Å². The summed E-state index contributed by atoms with van der Waals surface area (Å²) in [5.41, 5.74) is 1.50. The number of methoxy groups -OCH3 is 2. The van der Waals surface area contributed by atoms with Gasteiger partial charge in [0.15, 0.2) is 5.13 Å². The van der Waals surface area contributed by atoms with Crippen LogP contribution in [0.1, 0.15) is 32.6 Å². The van der Waals surface area contributed by atoms with E-state index >= 15 is 0 Å². The maximum atomic E-state index is 12.4. The van der Waals surface area contributed by atoms with Crippen molar-refractivity contribution >= 4 is 28.3 Å². The summed E-state index contributed by atoms with van der Waals surface area (Å²) in [6.07, 6.45) is 3.96. The molecule has 1 atom stereocenters. The third-order valence-corrected chi connectivity index (χ3v) is 5.65. The van der Waals surface area contributed by atoms with Crippen molar-refractivity contribution in [2.75, 3.05) is 19.5 Å². The lowest BCUT2D eigenvalue weighted by atomic mass is 10.1. The highest BCUT2D eigenvalue weighted by Crippen LogP contribution is 2.34. The van der Waals surface area contributed by atoms with Crippen molar-refractivity contribution in [1.29, 1.82) is 0 Å². The number of ether oxygens (including phenoxy) is 2. The van der Waals surface area contributed by atoms with Gasteiger partial charge in [-0.1, -0.05) is 12.8 Å². The number of hydrogen-bond acceptors (Lipinski definition) is 6. The number of rotatable bonds is 7. The molecular weight excluding hydrogens is 378 g/mol. The van der Waals surface area contributed by atoms with E-state index in [4.69, 9.17) is 9.47 Å². The highest BCUT2D eigenvalue weighted by molar-refractivity contribution is 7.14. The van der Waals surface area contributed by atoms with Crippen molar-refractivity contribution in [3.05, 3.63) is 23.6 Å². The summed E-state index contributed by atoms with van der Waals surface area (Å²) in [4.78, 5) is 29.1. The van der Waals surface area contributed by atoms with E-state index in [2.05, 4.69) is 15.6 Å². The van der Waals surface area contributed by atoms with Gasteiger partial charge in [-0.15, -0.1) is 11.3 Å². The summed E-state index contributed by atoms with van der Waals surface area (Å²) in [5, 5.41) is 7.90. The Balaban J connectivity index is 1.64. The fourth-order valence-corrected chi connectivity index (χ4v) is 3.98. The van der Waals surface area contributed by atoms with Gasteiger partial charge >= 0.3 is 0 Å². The molecule has 1 aromatic carbocycles. The summed E-state index contributed by atoms with van der Waals surface area (Å²) in [7, 11) is 3.18. The maximum absolute atomic E-state index is 12.4. The van der Waals surface area contributed by atoms with Gasteiger partial charge in [0, 0.05) is 22.9 Å². The SMILES string of the molecule is COc1ccc(-c2csc(NC(=O)C(C)NC(=O)C3CCCC3)n2)c(OC)c1. The third-order valence-electron chi connectivity index (χ3n) is 4.90. The molecule has 2 N–H and O–H groups in total. The van der Waals surface area contributed by atoms with Crippen molar-refractivity contribution in [3.63, 3.8) is 0 Å². The van der Waals surface area contributed by atoms with Gasteiger partial charge < -0.3 is 20.1 Å². The van der Waals surface area contributed by atoms with Crippen molar-refractivity contribution in [1.82, 2.24) is 10.3 Å². The Kier molecular flexibility index (Phi) is 6.51. The molecule has 2 amide bonds. The summed E-state index contributed by atoms with van der Waals surface area (Å²) in [5.74, 6) is 1.04. The minimum absolute atomic E-state index is 0.0317. The second-order valence-electron chi connectivity index (χ2n) is 6.81. The number of nitrogens with one attached hydrogen (secondary N) is 2. The highest BCUT2D eigenvalue weighted by atomic mass is 32.1. The molecule has 1 aliphatic rings. The minimum atomic E-state index is -0.615. The average Bonchev–Trinajstić information content (AvgIpc) is 3.39. The predicted molar refractivity (Wildman–Crippen MR) is 109 cm³/mol. The molecule has 0 saturated heterocycles. The molecule has 0 aliphatic heterocycles. The number of nitrogens with zero attached hydrogens (tertiary/aromatic N) is 1. The van der Waals surface area contributed by atoms with Crippen LogP contribution < -0.4 is 20.1 Å². The van der Waals surface area contributed by atoms with Crippen LogP contribution in [0.2, 0.25) is 0 Å². The molecule has 1 aromatic heterocycles. The number of anilines is 1. The smallest absolute Gasteiger partial charge is 0.248 e. The van der Waals surface area contributed by atoms with Gasteiger partial charge in [0.05, 0.1) is 19.9 Å². The molecule has 150 valence electrons. The molecule has 0 radical (unpaired) electrons. The van der Waals surface area contributed by atoms with Gasteiger partial charge in [-0.25, -0.2) is 4.98 Å². The fourth-order valence-electron chi connectivity index (χ4n) is 3.26. The van der Waals surface area contributed by atoms with Gasteiger partial charge in [0.2, 0.25) is 11.8 Å². The first-order valence-electron chi connectivity index (χ1n) is 9.31. The van der Waals surface area contributed by atoms with Crippen LogP contribution in [0, 0.1) is 5.92 Å². The largest absolute Gasteiger partial charge is 0.497 e. The summed E-state index contributed by atoms with van der Waals surface area (Å²) >= 11 is 1.32. The Morgan fingerprint density at radius 1 is 1.21 bits per heavy atom. The van der Waals surface area contributed by atoms with E-state index in [1.165, 1.54) is 11.3 Å². The van der Waals surface area contributed by atoms with Crippen LogP contribution >= 0.6 is 11.3 Å². The molecule has 1 heterocycles. The van der Waals surface area contributed by atoms with Crippen molar-refractivity contribution in [2.24, 2.45) is 5.92 Å². The normalized spacial score (nSPS) is 15.1. The Morgan fingerprint density at radius 3 is 2.64 bits per heavy atom. The van der Waals surface area contributed by atoms with Crippen LogP contribution in [0.25, 0.3) is 11.3 Å². The summed E-state index contributed by atoms with van der Waals surface area (Å²) in [6.45, 7) is 1.68. The molecule has 0 spiro atoms. The first-order valence-corrected chi connectivity index (χ1v) is 10.2. The lowest BCUT2D eigenvalue weighted by Gasteiger charge is -2.16. The Hall–Kier alpha value is -2.61. The molecule has 7 nitrogen and oxygen atoms in total. The first-order chi connectivity index (χ1) is 13.5. The zero-order valence-electron chi connectivity index (χ0n) is 16.3. The van der Waals surface area contributed by atoms with Crippen LogP contribution in [0.15, 0.2) is 23.6 Å². The predicted octanol–water partition coefficient (Wildman–Crippen LogP) is 3.46. The van der Waals surface area contributed by atoms with Crippen molar-refractivity contribution in [2.45, 2.75) is 38.6 Å². The van der Waals surface area contributed by atoms with Gasteiger partial charge in [-0.05, 0) is 31.9 Å². The summed E-state index contributed by atoms with van der Waals surface area (Å²) < 4.78 is 10.6. The average molecular weight is 404 g/mol. The van der Waals surface area contributed by atoms with Crippen LogP contribution in [0.5, 0.6) is 11.5 Å². The van der Waals surface area contributed by atoms with E-state index in [0.717, 1.165) is 31.2 Å². The van der Waals surface area contributed by atoms with E-state index in [1.807, 2.05) is 17.5 Å². The molecule has 1 saturated carbocycles. The lowest BCUT2D eigenvalue weighted by molar-refractivity contribution is -0.128. The molecular formula is C20H25N3O4S. The number of carbonyl (C=O) groups is 2. The van der Waals surface area contributed by atoms with Crippen LogP contribution in [0.3, 0.4) is 0 Å². The molecule has 28 heavy (non-hydrogen) atoms. The molecule has 1 aliphatic carbocycles.